The summed E-state index contributed by atoms with van der Waals surface area (Å²) in [5.74, 6) is -1.09. The van der Waals surface area contributed by atoms with Crippen molar-refractivity contribution in [2.24, 2.45) is 5.73 Å². The number of rotatable bonds is 8. The summed E-state index contributed by atoms with van der Waals surface area (Å²) in [6, 6.07) is 14.7. The highest BCUT2D eigenvalue weighted by molar-refractivity contribution is 5.50. The van der Waals surface area contributed by atoms with Gasteiger partial charge in [-0.2, -0.15) is 13.2 Å². The molecule has 0 bridgehead atoms. The smallest absolute Gasteiger partial charge is 0.363 e. The molecule has 3 heterocycles. The molecule has 0 radical (unpaired) electrons. The van der Waals surface area contributed by atoms with E-state index >= 15 is 0 Å². The van der Waals surface area contributed by atoms with Crippen LogP contribution in [0, 0.1) is 12.7 Å². The summed E-state index contributed by atoms with van der Waals surface area (Å²) in [6.07, 6.45) is -1.35. The van der Waals surface area contributed by atoms with E-state index in [1.165, 1.54) is 6.92 Å². The van der Waals surface area contributed by atoms with Crippen LogP contribution in [0.2, 0.25) is 0 Å². The minimum atomic E-state index is -4.84. The Morgan fingerprint density at radius 3 is 2.28 bits per heavy atom. The fourth-order valence-electron chi connectivity index (χ4n) is 5.52. The van der Waals surface area contributed by atoms with Crippen molar-refractivity contribution in [3.63, 3.8) is 0 Å². The zero-order valence-electron chi connectivity index (χ0n) is 23.6. The van der Waals surface area contributed by atoms with Gasteiger partial charge in [-0.3, -0.25) is 23.8 Å². The number of halogens is 4. The van der Waals surface area contributed by atoms with Gasteiger partial charge in [0.05, 0.1) is 18.7 Å². The molecular weight excluding hydrogens is 564 g/mol. The molecule has 2 aromatic carbocycles. The lowest BCUT2D eigenvalue weighted by atomic mass is 10.1. The molecule has 2 aromatic heterocycles. The normalized spacial score (nSPS) is 15.1. The SMILES string of the molecule is Cc1c(N2CCN(Cc3cccnc3)CC2)c(=O)n(C[C@H](N)c2ccccc2)c(=O)n1Cc1c(F)cccc1C(F)(F)F. The number of anilines is 1. The van der Waals surface area contributed by atoms with Gasteiger partial charge in [-0.25, -0.2) is 9.18 Å². The summed E-state index contributed by atoms with van der Waals surface area (Å²) in [6.45, 7) is 3.34. The Morgan fingerprint density at radius 1 is 0.907 bits per heavy atom. The highest BCUT2D eigenvalue weighted by Gasteiger charge is 2.35. The molecule has 1 aliphatic heterocycles. The maximum atomic E-state index is 14.9. The first-order valence-corrected chi connectivity index (χ1v) is 13.9. The Kier molecular flexibility index (Phi) is 8.79. The summed E-state index contributed by atoms with van der Waals surface area (Å²) < 4.78 is 58.5. The van der Waals surface area contributed by atoms with Crippen LogP contribution in [0.1, 0.15) is 34.0 Å². The lowest BCUT2D eigenvalue weighted by Crippen LogP contribution is -2.51. The first-order chi connectivity index (χ1) is 20.5. The Hall–Kier alpha value is -4.29. The van der Waals surface area contributed by atoms with E-state index in [1.54, 1.807) is 42.7 Å². The zero-order valence-corrected chi connectivity index (χ0v) is 23.6. The number of piperazine rings is 1. The van der Waals surface area contributed by atoms with Crippen LogP contribution in [-0.4, -0.2) is 45.2 Å². The second-order valence-electron chi connectivity index (χ2n) is 10.6. The van der Waals surface area contributed by atoms with Crippen molar-refractivity contribution >= 4 is 5.69 Å². The summed E-state index contributed by atoms with van der Waals surface area (Å²) in [5, 5.41) is 0. The fraction of sp³-hybridized carbons (Fsp3) is 0.323. The predicted octanol–water partition coefficient (Wildman–Crippen LogP) is 3.94. The second-order valence-corrected chi connectivity index (χ2v) is 10.6. The van der Waals surface area contributed by atoms with Crippen molar-refractivity contribution in [1.82, 2.24) is 19.0 Å². The Bertz CT molecular complexity index is 1680. The monoisotopic (exact) mass is 596 g/mol. The van der Waals surface area contributed by atoms with Crippen LogP contribution in [0.25, 0.3) is 0 Å². The highest BCUT2D eigenvalue weighted by atomic mass is 19.4. The third-order valence-corrected chi connectivity index (χ3v) is 7.82. The quantitative estimate of drug-likeness (QED) is 0.310. The number of aromatic nitrogens is 3. The highest BCUT2D eigenvalue weighted by Crippen LogP contribution is 2.33. The van der Waals surface area contributed by atoms with Gasteiger partial charge in [0.1, 0.15) is 11.5 Å². The van der Waals surface area contributed by atoms with E-state index in [2.05, 4.69) is 9.88 Å². The summed E-state index contributed by atoms with van der Waals surface area (Å²) in [4.78, 5) is 35.9. The number of nitrogens with zero attached hydrogens (tertiary/aromatic N) is 5. The van der Waals surface area contributed by atoms with Gasteiger partial charge in [0.25, 0.3) is 5.56 Å². The second kappa shape index (κ2) is 12.5. The minimum Gasteiger partial charge on any atom is -0.363 e. The summed E-state index contributed by atoms with van der Waals surface area (Å²) >= 11 is 0. The molecule has 1 atom stereocenters. The molecule has 0 aliphatic carbocycles. The van der Waals surface area contributed by atoms with E-state index in [1.807, 2.05) is 17.0 Å². The number of pyridine rings is 1. The topological polar surface area (TPSA) is 89.4 Å². The van der Waals surface area contributed by atoms with Gasteiger partial charge in [0.2, 0.25) is 0 Å². The average Bonchev–Trinajstić information content (AvgIpc) is 2.99. The molecular formula is C31H32F4N6O2. The van der Waals surface area contributed by atoms with Crippen LogP contribution in [0.5, 0.6) is 0 Å². The van der Waals surface area contributed by atoms with Crippen molar-refractivity contribution < 1.29 is 17.6 Å². The van der Waals surface area contributed by atoms with Crippen molar-refractivity contribution in [1.29, 1.82) is 0 Å². The molecule has 4 aromatic rings. The van der Waals surface area contributed by atoms with Gasteiger partial charge in [-0.15, -0.1) is 0 Å². The average molecular weight is 597 g/mol. The molecule has 0 spiro atoms. The first kappa shape index (κ1) is 30.2. The van der Waals surface area contributed by atoms with Crippen LogP contribution in [0.15, 0.2) is 82.6 Å². The minimum absolute atomic E-state index is 0.164. The van der Waals surface area contributed by atoms with Crippen molar-refractivity contribution in [3.8, 4) is 0 Å². The Morgan fingerprint density at radius 2 is 1.63 bits per heavy atom. The van der Waals surface area contributed by atoms with Gasteiger partial charge < -0.3 is 10.6 Å². The van der Waals surface area contributed by atoms with Crippen molar-refractivity contribution in [2.45, 2.75) is 38.8 Å². The molecule has 226 valence electrons. The molecule has 1 fully saturated rings. The van der Waals surface area contributed by atoms with Gasteiger partial charge in [-0.05, 0) is 36.2 Å². The third kappa shape index (κ3) is 6.55. The molecule has 2 N–H and O–H groups in total. The van der Waals surface area contributed by atoms with Crippen LogP contribution < -0.4 is 21.9 Å². The zero-order chi connectivity index (χ0) is 30.7. The number of hydrogen-bond donors (Lipinski definition) is 1. The van der Waals surface area contributed by atoms with E-state index in [0.29, 0.717) is 38.3 Å². The van der Waals surface area contributed by atoms with E-state index in [-0.39, 0.29) is 17.9 Å². The van der Waals surface area contributed by atoms with Crippen LogP contribution >= 0.6 is 0 Å². The fourth-order valence-corrected chi connectivity index (χ4v) is 5.52. The van der Waals surface area contributed by atoms with E-state index in [0.717, 1.165) is 32.9 Å². The largest absolute Gasteiger partial charge is 0.416 e. The molecule has 1 saturated heterocycles. The lowest BCUT2D eigenvalue weighted by molar-refractivity contribution is -0.138. The third-order valence-electron chi connectivity index (χ3n) is 7.82. The van der Waals surface area contributed by atoms with E-state index in [9.17, 15) is 27.2 Å². The van der Waals surface area contributed by atoms with Gasteiger partial charge >= 0.3 is 11.9 Å². The molecule has 0 saturated carbocycles. The molecule has 1 aliphatic rings. The molecule has 43 heavy (non-hydrogen) atoms. The van der Waals surface area contributed by atoms with Crippen LogP contribution in [0.4, 0.5) is 23.2 Å². The number of hydrogen-bond acceptors (Lipinski definition) is 6. The van der Waals surface area contributed by atoms with Crippen molar-refractivity contribution in [3.05, 3.63) is 128 Å². The Labute approximate surface area is 245 Å². The number of alkyl halides is 3. The van der Waals surface area contributed by atoms with Crippen LogP contribution in [0.3, 0.4) is 0 Å². The van der Waals surface area contributed by atoms with Gasteiger partial charge in [-0.1, -0.05) is 42.5 Å². The molecule has 5 rings (SSSR count). The molecule has 0 unspecified atom stereocenters. The lowest BCUT2D eigenvalue weighted by Gasteiger charge is -2.37. The van der Waals surface area contributed by atoms with E-state index < -0.39 is 47.0 Å². The van der Waals surface area contributed by atoms with Gasteiger partial charge in [0, 0.05) is 62.4 Å². The van der Waals surface area contributed by atoms with E-state index in [4.69, 9.17) is 5.73 Å². The standard InChI is InChI=1S/C31H32F4N6O2/c1-21-28(39-15-13-38(14-16-39)18-22-7-6-12-37-17-22)29(42)41(20-27(36)23-8-3-2-4-9-23)30(43)40(21)19-24-25(31(33,34)35)10-5-11-26(24)32/h2-12,17,27H,13-16,18-20,36H2,1H3/t27-/m0/s1. The summed E-state index contributed by atoms with van der Waals surface area (Å²) in [5.41, 5.74) is 5.17. The molecule has 0 amide bonds. The first-order valence-electron chi connectivity index (χ1n) is 13.9. The number of benzene rings is 2. The maximum Gasteiger partial charge on any atom is 0.416 e. The van der Waals surface area contributed by atoms with Gasteiger partial charge in [0.15, 0.2) is 0 Å². The molecule has 8 nitrogen and oxygen atoms in total. The van der Waals surface area contributed by atoms with Crippen molar-refractivity contribution in [2.75, 3.05) is 31.1 Å². The van der Waals surface area contributed by atoms with Crippen LogP contribution in [-0.2, 0) is 25.8 Å². The maximum absolute atomic E-state index is 14.9. The summed E-state index contributed by atoms with van der Waals surface area (Å²) in [7, 11) is 0. The molecule has 12 heteroatoms. The Balaban J connectivity index is 1.55. The predicted molar refractivity (Wildman–Crippen MR) is 155 cm³/mol. The number of nitrogens with two attached hydrogens (primary N) is 1.